The number of piperazine rings is 1. The first-order valence-corrected chi connectivity index (χ1v) is 9.43. The van der Waals surface area contributed by atoms with Crippen LogP contribution in [0.5, 0.6) is 0 Å². The van der Waals surface area contributed by atoms with E-state index in [1.54, 1.807) is 18.7 Å². The van der Waals surface area contributed by atoms with Gasteiger partial charge in [0.25, 0.3) is 0 Å². The molecule has 2 rings (SSSR count). The molecule has 0 aliphatic carbocycles. The maximum atomic E-state index is 14.1. The molecule has 0 unspecified atom stereocenters. The molecular weight excluding hydrogens is 391 g/mol. The van der Waals surface area contributed by atoms with Gasteiger partial charge in [0.1, 0.15) is 6.04 Å². The van der Waals surface area contributed by atoms with Gasteiger partial charge in [-0.1, -0.05) is 25.4 Å². The predicted molar refractivity (Wildman–Crippen MR) is 103 cm³/mol. The number of benzene rings is 1. The Morgan fingerprint density at radius 2 is 1.93 bits per heavy atom. The Kier molecular flexibility index (Phi) is 7.31. The van der Waals surface area contributed by atoms with Crippen molar-refractivity contribution in [2.75, 3.05) is 33.2 Å². The van der Waals surface area contributed by atoms with E-state index < -0.39 is 28.4 Å². The van der Waals surface area contributed by atoms with Crippen molar-refractivity contribution in [2.45, 2.75) is 32.2 Å². The van der Waals surface area contributed by atoms with Crippen LogP contribution in [0.4, 0.5) is 10.1 Å². The monoisotopic (exact) mass is 414 g/mol. The largest absolute Gasteiger partial charge is 0.344 e. The molecule has 1 fully saturated rings. The molecule has 1 N–H and O–H groups in total. The topological polar surface area (TPSA) is 95.8 Å². The second-order valence-corrected chi connectivity index (χ2v) is 7.31. The second kappa shape index (κ2) is 9.29. The summed E-state index contributed by atoms with van der Waals surface area (Å²) in [5.41, 5.74) is -0.505. The van der Waals surface area contributed by atoms with Crippen molar-refractivity contribution in [3.8, 4) is 0 Å². The fraction of sp³-hybridized carbons (Fsp3) is 0.556. The predicted octanol–water partition coefficient (Wildman–Crippen LogP) is 2.16. The average Bonchev–Trinajstić information content (AvgIpc) is 2.66. The molecule has 10 heteroatoms. The number of nitro benzene ring substituents is 1. The summed E-state index contributed by atoms with van der Waals surface area (Å²) in [5.74, 6) is -2.32. The number of carbonyl (C=O) groups is 2. The van der Waals surface area contributed by atoms with Crippen LogP contribution in [0.2, 0.25) is 5.02 Å². The van der Waals surface area contributed by atoms with Gasteiger partial charge in [0.2, 0.25) is 17.6 Å². The van der Waals surface area contributed by atoms with E-state index in [0.717, 1.165) is 12.1 Å². The maximum absolute atomic E-state index is 14.1. The quantitative estimate of drug-likeness (QED) is 0.568. The van der Waals surface area contributed by atoms with Gasteiger partial charge in [-0.05, 0) is 18.7 Å². The van der Waals surface area contributed by atoms with Crippen molar-refractivity contribution in [3.63, 3.8) is 0 Å². The number of nitrogens with one attached hydrogen (secondary N) is 1. The first-order valence-electron chi connectivity index (χ1n) is 9.05. The highest BCUT2D eigenvalue weighted by Crippen LogP contribution is 2.33. The summed E-state index contributed by atoms with van der Waals surface area (Å²) < 4.78 is 14.1. The first kappa shape index (κ1) is 22.0. The van der Waals surface area contributed by atoms with Gasteiger partial charge in [0.15, 0.2) is 0 Å². The molecule has 1 aromatic carbocycles. The number of likely N-dealkylation sites (N-methyl/N-ethyl adjacent to an activating group) is 1. The lowest BCUT2D eigenvalue weighted by atomic mass is 9.91. The van der Waals surface area contributed by atoms with Gasteiger partial charge in [0.05, 0.1) is 9.95 Å². The van der Waals surface area contributed by atoms with E-state index in [9.17, 15) is 24.1 Å². The Morgan fingerprint density at radius 1 is 1.32 bits per heavy atom. The number of hydrogen-bond donors (Lipinski definition) is 1. The van der Waals surface area contributed by atoms with Crippen molar-refractivity contribution in [2.24, 2.45) is 0 Å². The molecular formula is C18H24ClFN4O4. The smallest absolute Gasteiger partial charge is 0.306 e. The molecule has 8 nitrogen and oxygen atoms in total. The molecule has 2 amide bonds. The summed E-state index contributed by atoms with van der Waals surface area (Å²) in [7, 11) is 1.96. The van der Waals surface area contributed by atoms with Crippen LogP contribution in [0.15, 0.2) is 12.1 Å². The van der Waals surface area contributed by atoms with Gasteiger partial charge < -0.3 is 15.1 Å². The van der Waals surface area contributed by atoms with E-state index in [0.29, 0.717) is 26.2 Å². The zero-order valence-corrected chi connectivity index (χ0v) is 16.8. The van der Waals surface area contributed by atoms with Crippen LogP contribution < -0.4 is 5.32 Å². The molecule has 154 valence electrons. The number of nitrogens with zero attached hydrogens (tertiary/aromatic N) is 3. The Hall–Kier alpha value is -2.26. The first-order chi connectivity index (χ1) is 13.1. The molecule has 2 atom stereocenters. The van der Waals surface area contributed by atoms with E-state index in [1.807, 2.05) is 7.05 Å². The molecule has 0 aromatic heterocycles. The summed E-state index contributed by atoms with van der Waals surface area (Å²) in [4.78, 5) is 38.9. The zero-order valence-electron chi connectivity index (χ0n) is 16.1. The molecule has 1 aliphatic rings. The lowest BCUT2D eigenvalue weighted by Crippen LogP contribution is -2.55. The second-order valence-electron chi connectivity index (χ2n) is 6.90. The van der Waals surface area contributed by atoms with Gasteiger partial charge in [-0.25, -0.2) is 0 Å². The number of halogens is 2. The number of amides is 2. The van der Waals surface area contributed by atoms with E-state index in [1.165, 1.54) is 0 Å². The highest BCUT2D eigenvalue weighted by molar-refractivity contribution is 6.31. The van der Waals surface area contributed by atoms with Gasteiger partial charge in [0, 0.05) is 44.6 Å². The molecule has 1 aromatic rings. The normalized spacial score (nSPS) is 17.1. The minimum absolute atomic E-state index is 0.0254. The van der Waals surface area contributed by atoms with Crippen LogP contribution in [0.3, 0.4) is 0 Å². The molecule has 1 heterocycles. The highest BCUT2D eigenvalue weighted by atomic mass is 35.5. The molecule has 28 heavy (non-hydrogen) atoms. The fourth-order valence-electron chi connectivity index (χ4n) is 3.12. The third-order valence-electron chi connectivity index (χ3n) is 4.97. The summed E-state index contributed by atoms with van der Waals surface area (Å²) in [6.45, 7) is 5.76. The fourth-order valence-corrected chi connectivity index (χ4v) is 3.45. The number of hydrogen-bond acceptors (Lipinski definition) is 5. The molecule has 0 saturated carbocycles. The van der Waals surface area contributed by atoms with Crippen molar-refractivity contribution in [1.29, 1.82) is 0 Å². The standard InChI is InChI=1S/C18H24ClFN4O4/c1-4-16(25)21-17(18(26)23-7-5-22(3)6-8-23)11(2)12-9-14(20)15(24(27)28)10-13(12)19/h9-11,17H,4-8H2,1-3H3,(H,21,25)/t11-,17+/m0/s1. The summed E-state index contributed by atoms with van der Waals surface area (Å²) in [6.07, 6.45) is 0.182. The lowest BCUT2D eigenvalue weighted by Gasteiger charge is -2.36. The van der Waals surface area contributed by atoms with Gasteiger partial charge in [-0.15, -0.1) is 0 Å². The van der Waals surface area contributed by atoms with Gasteiger partial charge in [-0.3, -0.25) is 19.7 Å². The van der Waals surface area contributed by atoms with Crippen molar-refractivity contribution in [3.05, 3.63) is 38.7 Å². The van der Waals surface area contributed by atoms with Crippen molar-refractivity contribution >= 4 is 29.1 Å². The summed E-state index contributed by atoms with van der Waals surface area (Å²) >= 11 is 6.15. The average molecular weight is 415 g/mol. The number of rotatable bonds is 6. The molecule has 0 radical (unpaired) electrons. The zero-order chi connectivity index (χ0) is 21.0. The Morgan fingerprint density at radius 3 is 2.46 bits per heavy atom. The van der Waals surface area contributed by atoms with Crippen LogP contribution >= 0.6 is 11.6 Å². The van der Waals surface area contributed by atoms with Crippen molar-refractivity contribution in [1.82, 2.24) is 15.1 Å². The number of nitro groups is 1. The SMILES string of the molecule is CCC(=O)N[C@@H](C(=O)N1CCN(C)CC1)[C@@H](C)c1cc(F)c([N+](=O)[O-])cc1Cl. The molecule has 1 saturated heterocycles. The minimum atomic E-state index is -1.04. The van der Waals surface area contributed by atoms with Crippen LogP contribution in [-0.4, -0.2) is 65.8 Å². The number of carbonyl (C=O) groups excluding carboxylic acids is 2. The third kappa shape index (κ3) is 4.96. The van der Waals surface area contributed by atoms with E-state index in [4.69, 9.17) is 11.6 Å². The highest BCUT2D eigenvalue weighted by Gasteiger charge is 2.34. The van der Waals surface area contributed by atoms with Crippen LogP contribution in [-0.2, 0) is 9.59 Å². The van der Waals surface area contributed by atoms with Crippen LogP contribution in [0, 0.1) is 15.9 Å². The molecule has 1 aliphatic heterocycles. The Balaban J connectivity index is 2.35. The lowest BCUT2D eigenvalue weighted by molar-refractivity contribution is -0.387. The van der Waals surface area contributed by atoms with Gasteiger partial charge >= 0.3 is 5.69 Å². The summed E-state index contributed by atoms with van der Waals surface area (Å²) in [6, 6.07) is 0.948. The molecule has 0 spiro atoms. The summed E-state index contributed by atoms with van der Waals surface area (Å²) in [5, 5.41) is 13.6. The van der Waals surface area contributed by atoms with E-state index in [2.05, 4.69) is 10.2 Å². The minimum Gasteiger partial charge on any atom is -0.344 e. The van der Waals surface area contributed by atoms with E-state index >= 15 is 0 Å². The van der Waals surface area contributed by atoms with E-state index in [-0.39, 0.29) is 28.8 Å². The molecule has 0 bridgehead atoms. The Labute approximate surface area is 167 Å². The Bertz CT molecular complexity index is 768. The third-order valence-corrected chi connectivity index (χ3v) is 5.30. The van der Waals surface area contributed by atoms with Crippen LogP contribution in [0.25, 0.3) is 0 Å². The van der Waals surface area contributed by atoms with Gasteiger partial charge in [-0.2, -0.15) is 4.39 Å². The van der Waals surface area contributed by atoms with Crippen molar-refractivity contribution < 1.29 is 18.9 Å². The maximum Gasteiger partial charge on any atom is 0.306 e. The van der Waals surface area contributed by atoms with Crippen LogP contribution in [0.1, 0.15) is 31.7 Å².